The lowest BCUT2D eigenvalue weighted by Crippen LogP contribution is -1.94. The van der Waals surface area contributed by atoms with Gasteiger partial charge in [0.15, 0.2) is 23.0 Å². The van der Waals surface area contributed by atoms with Crippen LogP contribution in [-0.4, -0.2) is 23.6 Å². The van der Waals surface area contributed by atoms with Crippen LogP contribution in [0.25, 0.3) is 35.3 Å². The van der Waals surface area contributed by atoms with Crippen LogP contribution in [0.5, 0.6) is 23.0 Å². The molecule has 6 heteroatoms. The summed E-state index contributed by atoms with van der Waals surface area (Å²) in [6, 6.07) is 19.6. The van der Waals surface area contributed by atoms with Crippen molar-refractivity contribution in [2.45, 2.75) is 0 Å². The lowest BCUT2D eigenvalue weighted by atomic mass is 10.1. The molecule has 0 fully saturated rings. The Balaban J connectivity index is 1.36. The van der Waals surface area contributed by atoms with Gasteiger partial charge in [0.1, 0.15) is 0 Å². The van der Waals surface area contributed by atoms with E-state index in [0.717, 1.165) is 56.5 Å². The minimum Gasteiger partial charge on any atom is -0.454 e. The number of benzene rings is 3. The van der Waals surface area contributed by atoms with Gasteiger partial charge in [0.25, 0.3) is 0 Å². The third kappa shape index (κ3) is 3.52. The summed E-state index contributed by atoms with van der Waals surface area (Å²) in [6.07, 6.45) is 7.93. The molecule has 4 aromatic rings. The second kappa shape index (κ2) is 7.74. The lowest BCUT2D eigenvalue weighted by Gasteiger charge is -2.04. The van der Waals surface area contributed by atoms with Crippen molar-refractivity contribution in [1.82, 2.24) is 9.97 Å². The Morgan fingerprint density at radius 2 is 1.00 bits per heavy atom. The SMILES string of the molecule is C(=C\c1nc2ccccc2nc1/C=C/c1ccc2c(c1)OCO2)/c1ccc2c(c1)OCO2. The summed E-state index contributed by atoms with van der Waals surface area (Å²) in [5.41, 5.74) is 5.23. The highest BCUT2D eigenvalue weighted by molar-refractivity contribution is 5.83. The Kier molecular flexibility index (Phi) is 4.46. The monoisotopic (exact) mass is 422 g/mol. The maximum atomic E-state index is 5.48. The van der Waals surface area contributed by atoms with E-state index in [2.05, 4.69) is 0 Å². The molecule has 0 atom stereocenters. The molecule has 0 spiro atoms. The summed E-state index contributed by atoms with van der Waals surface area (Å²) >= 11 is 0. The van der Waals surface area contributed by atoms with Crippen molar-refractivity contribution in [2.24, 2.45) is 0 Å². The molecule has 6 nitrogen and oxygen atoms in total. The van der Waals surface area contributed by atoms with Crippen molar-refractivity contribution in [3.8, 4) is 23.0 Å². The molecular weight excluding hydrogens is 404 g/mol. The summed E-state index contributed by atoms with van der Waals surface area (Å²) < 4.78 is 21.7. The van der Waals surface area contributed by atoms with E-state index in [1.165, 1.54) is 0 Å². The molecule has 156 valence electrons. The van der Waals surface area contributed by atoms with E-state index >= 15 is 0 Å². The van der Waals surface area contributed by atoms with Gasteiger partial charge in [-0.1, -0.05) is 36.4 Å². The molecule has 2 aliphatic heterocycles. The van der Waals surface area contributed by atoms with Crippen LogP contribution in [-0.2, 0) is 0 Å². The van der Waals surface area contributed by atoms with Gasteiger partial charge in [-0.05, 0) is 59.7 Å². The van der Waals surface area contributed by atoms with E-state index in [9.17, 15) is 0 Å². The van der Waals surface area contributed by atoms with Gasteiger partial charge in [-0.3, -0.25) is 0 Å². The van der Waals surface area contributed by atoms with Gasteiger partial charge >= 0.3 is 0 Å². The molecule has 0 radical (unpaired) electrons. The molecule has 0 bridgehead atoms. The van der Waals surface area contributed by atoms with Crippen molar-refractivity contribution >= 4 is 35.3 Å². The number of hydrogen-bond acceptors (Lipinski definition) is 6. The predicted octanol–water partition coefficient (Wildman–Crippen LogP) is 5.43. The Bertz CT molecular complexity index is 1290. The van der Waals surface area contributed by atoms with E-state index in [0.29, 0.717) is 0 Å². The maximum Gasteiger partial charge on any atom is 0.231 e. The average molecular weight is 422 g/mol. The summed E-state index contributed by atoms with van der Waals surface area (Å²) in [4.78, 5) is 9.66. The molecular formula is C26H18N2O4. The summed E-state index contributed by atoms with van der Waals surface area (Å²) in [7, 11) is 0. The minimum absolute atomic E-state index is 0.257. The molecule has 1 aromatic heterocycles. The largest absolute Gasteiger partial charge is 0.454 e. The van der Waals surface area contributed by atoms with Crippen molar-refractivity contribution in [2.75, 3.05) is 13.6 Å². The zero-order chi connectivity index (χ0) is 21.3. The van der Waals surface area contributed by atoms with E-state index in [1.807, 2.05) is 85.0 Å². The smallest absolute Gasteiger partial charge is 0.231 e. The number of fused-ring (bicyclic) bond motifs is 3. The third-order valence-corrected chi connectivity index (χ3v) is 5.29. The summed E-state index contributed by atoms with van der Waals surface area (Å²) in [5.74, 6) is 3.03. The molecule has 0 aliphatic carbocycles. The highest BCUT2D eigenvalue weighted by Gasteiger charge is 2.13. The molecule has 6 rings (SSSR count). The molecule has 32 heavy (non-hydrogen) atoms. The second-order valence-corrected chi connectivity index (χ2v) is 7.37. The molecule has 0 saturated heterocycles. The van der Waals surface area contributed by atoms with Gasteiger partial charge in [-0.15, -0.1) is 0 Å². The van der Waals surface area contributed by atoms with E-state index < -0.39 is 0 Å². The van der Waals surface area contributed by atoms with Crippen LogP contribution < -0.4 is 18.9 Å². The topological polar surface area (TPSA) is 62.7 Å². The Morgan fingerprint density at radius 3 is 1.50 bits per heavy atom. The van der Waals surface area contributed by atoms with Crippen LogP contribution in [0.15, 0.2) is 60.7 Å². The standard InChI is InChI=1S/C26H18N2O4/c1-2-4-20-19(3-1)27-21(9-5-17-7-11-23-25(13-17)31-15-29-23)22(28-20)10-6-18-8-12-24-26(14-18)32-16-30-24/h1-14H,15-16H2/b9-5+,10-6+. The van der Waals surface area contributed by atoms with Crippen molar-refractivity contribution in [1.29, 1.82) is 0 Å². The number of aromatic nitrogens is 2. The van der Waals surface area contributed by atoms with Crippen LogP contribution in [0.2, 0.25) is 0 Å². The van der Waals surface area contributed by atoms with Gasteiger partial charge in [0.2, 0.25) is 13.6 Å². The van der Waals surface area contributed by atoms with Crippen LogP contribution in [0.4, 0.5) is 0 Å². The molecule has 2 aliphatic rings. The predicted molar refractivity (Wildman–Crippen MR) is 123 cm³/mol. The number of nitrogens with zero attached hydrogens (tertiary/aromatic N) is 2. The number of ether oxygens (including phenoxy) is 4. The summed E-state index contributed by atoms with van der Waals surface area (Å²) in [5, 5.41) is 0. The number of rotatable bonds is 4. The molecule has 3 aromatic carbocycles. The van der Waals surface area contributed by atoms with Crippen molar-refractivity contribution in [3.63, 3.8) is 0 Å². The molecule has 3 heterocycles. The van der Waals surface area contributed by atoms with Crippen LogP contribution in [0.3, 0.4) is 0 Å². The third-order valence-electron chi connectivity index (χ3n) is 5.29. The van der Waals surface area contributed by atoms with Crippen LogP contribution >= 0.6 is 0 Å². The molecule has 0 unspecified atom stereocenters. The van der Waals surface area contributed by atoms with E-state index in [1.54, 1.807) is 0 Å². The lowest BCUT2D eigenvalue weighted by molar-refractivity contribution is 0.173. The van der Waals surface area contributed by atoms with E-state index in [4.69, 9.17) is 28.9 Å². The summed E-state index contributed by atoms with van der Waals surface area (Å²) in [6.45, 7) is 0.515. The number of hydrogen-bond donors (Lipinski definition) is 0. The zero-order valence-electron chi connectivity index (χ0n) is 17.0. The van der Waals surface area contributed by atoms with E-state index in [-0.39, 0.29) is 13.6 Å². The first-order valence-electron chi connectivity index (χ1n) is 10.2. The highest BCUT2D eigenvalue weighted by atomic mass is 16.7. The first kappa shape index (κ1) is 18.4. The molecule has 0 N–H and O–H groups in total. The fourth-order valence-corrected chi connectivity index (χ4v) is 3.66. The van der Waals surface area contributed by atoms with Gasteiger partial charge in [-0.2, -0.15) is 0 Å². The van der Waals surface area contributed by atoms with Gasteiger partial charge in [0, 0.05) is 0 Å². The highest BCUT2D eigenvalue weighted by Crippen LogP contribution is 2.34. The van der Waals surface area contributed by atoms with Crippen LogP contribution in [0, 0.1) is 0 Å². The molecule has 0 amide bonds. The Hall–Kier alpha value is -4.32. The first-order chi connectivity index (χ1) is 15.8. The fraction of sp³-hybridized carbons (Fsp3) is 0.0769. The Labute approximate surface area is 184 Å². The van der Waals surface area contributed by atoms with Crippen LogP contribution in [0.1, 0.15) is 22.5 Å². The first-order valence-corrected chi connectivity index (χ1v) is 10.2. The van der Waals surface area contributed by atoms with Gasteiger partial charge < -0.3 is 18.9 Å². The van der Waals surface area contributed by atoms with Crippen molar-refractivity contribution in [3.05, 3.63) is 83.2 Å². The minimum atomic E-state index is 0.257. The number of para-hydroxylation sites is 2. The average Bonchev–Trinajstić information content (AvgIpc) is 3.49. The second-order valence-electron chi connectivity index (χ2n) is 7.37. The fourth-order valence-electron chi connectivity index (χ4n) is 3.66. The molecule has 0 saturated carbocycles. The quantitative estimate of drug-likeness (QED) is 0.437. The maximum absolute atomic E-state index is 5.48. The normalized spacial score (nSPS) is 14.1. The van der Waals surface area contributed by atoms with Gasteiger partial charge in [-0.25, -0.2) is 9.97 Å². The van der Waals surface area contributed by atoms with Crippen molar-refractivity contribution < 1.29 is 18.9 Å². The zero-order valence-corrected chi connectivity index (χ0v) is 17.0. The van der Waals surface area contributed by atoms with Gasteiger partial charge in [0.05, 0.1) is 22.4 Å². The Morgan fingerprint density at radius 1 is 0.531 bits per heavy atom.